The molecule has 0 spiro atoms. The lowest BCUT2D eigenvalue weighted by Gasteiger charge is -2.08. The number of hydrogen-bond acceptors (Lipinski definition) is 6. The molecule has 3 aromatic heterocycles. The van der Waals surface area contributed by atoms with Crippen molar-refractivity contribution in [2.24, 2.45) is 0 Å². The number of ether oxygens (including phenoxy) is 1. The smallest absolute Gasteiger partial charge is 0.259 e. The molecule has 0 radical (unpaired) electrons. The number of aromatic nitrogens is 4. The number of fused-ring (bicyclic) bond motifs is 1. The fourth-order valence-electron chi connectivity index (χ4n) is 2.64. The first-order chi connectivity index (χ1) is 12.7. The van der Waals surface area contributed by atoms with Crippen molar-refractivity contribution >= 4 is 17.4 Å². The van der Waals surface area contributed by atoms with E-state index in [0.29, 0.717) is 22.7 Å². The van der Waals surface area contributed by atoms with Crippen LogP contribution in [0.15, 0.2) is 60.7 Å². The van der Waals surface area contributed by atoms with Crippen molar-refractivity contribution in [1.29, 1.82) is 0 Å². The molecule has 1 aliphatic rings. The molecule has 1 aliphatic carbocycles. The number of carbonyl (C=O) groups excluding carboxylic acids is 1. The van der Waals surface area contributed by atoms with E-state index in [2.05, 4.69) is 20.4 Å². The van der Waals surface area contributed by atoms with Gasteiger partial charge in [-0.15, -0.1) is 0 Å². The number of pyridine rings is 1. The molecule has 3 N–H and O–H groups in total. The number of nitrogens with one attached hydrogen (secondary N) is 1. The highest BCUT2D eigenvalue weighted by Crippen LogP contribution is 2.22. The average molecular weight is 348 g/mol. The van der Waals surface area contributed by atoms with E-state index < -0.39 is 0 Å². The predicted molar refractivity (Wildman–Crippen MR) is 95.6 cm³/mol. The molecule has 8 heteroatoms. The number of nitrogen functional groups attached to an aromatic ring is 1. The number of nitrogens with zero attached hydrogens (tertiary/aromatic N) is 4. The van der Waals surface area contributed by atoms with Gasteiger partial charge in [-0.2, -0.15) is 10.1 Å². The molecule has 1 amide bonds. The summed E-state index contributed by atoms with van der Waals surface area (Å²) in [4.78, 5) is 20.3. The first-order valence-electron chi connectivity index (χ1n) is 8.11. The number of rotatable bonds is 4. The molecular formula is C18H16N6O2. The second-order valence-electron chi connectivity index (χ2n) is 5.70. The highest BCUT2D eigenvalue weighted by molar-refractivity contribution is 6.01. The Morgan fingerprint density at radius 2 is 2.19 bits per heavy atom. The van der Waals surface area contributed by atoms with Gasteiger partial charge in [0, 0.05) is 18.0 Å². The molecule has 0 saturated heterocycles. The van der Waals surface area contributed by atoms with E-state index in [1.165, 1.54) is 12.4 Å². The van der Waals surface area contributed by atoms with E-state index in [4.69, 9.17) is 10.5 Å². The van der Waals surface area contributed by atoms with Gasteiger partial charge >= 0.3 is 0 Å². The Bertz CT molecular complexity index is 1040. The number of anilines is 1. The highest BCUT2D eigenvalue weighted by atomic mass is 16.5. The molecule has 8 nitrogen and oxygen atoms in total. The maximum absolute atomic E-state index is 12.5. The van der Waals surface area contributed by atoms with Crippen LogP contribution in [0.3, 0.4) is 0 Å². The quantitative estimate of drug-likeness (QED) is 0.750. The Labute approximate surface area is 149 Å². The van der Waals surface area contributed by atoms with Gasteiger partial charge < -0.3 is 15.8 Å². The zero-order valence-electron chi connectivity index (χ0n) is 13.8. The van der Waals surface area contributed by atoms with E-state index in [0.717, 1.165) is 18.5 Å². The molecule has 0 aromatic carbocycles. The Balaban J connectivity index is 1.56. The normalized spacial score (nSPS) is 13.5. The molecule has 0 fully saturated rings. The summed E-state index contributed by atoms with van der Waals surface area (Å²) in [6, 6.07) is 5.12. The van der Waals surface area contributed by atoms with Crippen LogP contribution in [0.4, 0.5) is 5.95 Å². The molecule has 0 aliphatic heterocycles. The Morgan fingerprint density at radius 3 is 3.00 bits per heavy atom. The van der Waals surface area contributed by atoms with E-state index in [1.807, 2.05) is 18.2 Å². The van der Waals surface area contributed by atoms with Gasteiger partial charge in [-0.05, 0) is 31.1 Å². The minimum atomic E-state index is -0.199. The van der Waals surface area contributed by atoms with Gasteiger partial charge in [0.25, 0.3) is 5.91 Å². The highest BCUT2D eigenvalue weighted by Gasteiger charge is 2.14. The number of nitrogens with two attached hydrogens (primary N) is 1. The van der Waals surface area contributed by atoms with Crippen LogP contribution in [-0.2, 0) is 0 Å². The van der Waals surface area contributed by atoms with Crippen molar-refractivity contribution in [3.8, 4) is 11.6 Å². The maximum Gasteiger partial charge on any atom is 0.259 e. The average Bonchev–Trinajstić information content (AvgIpc) is 3.06. The minimum Gasteiger partial charge on any atom is -0.437 e. The number of hydrogen-bond donors (Lipinski definition) is 2. The largest absolute Gasteiger partial charge is 0.437 e. The molecule has 3 heterocycles. The Hall–Kier alpha value is -3.68. The maximum atomic E-state index is 12.5. The van der Waals surface area contributed by atoms with Crippen LogP contribution in [0.2, 0.25) is 0 Å². The molecule has 0 unspecified atom stereocenters. The van der Waals surface area contributed by atoms with Gasteiger partial charge in [0.15, 0.2) is 0 Å². The van der Waals surface area contributed by atoms with E-state index in [9.17, 15) is 4.79 Å². The van der Waals surface area contributed by atoms with Crippen LogP contribution in [-0.4, -0.2) is 25.5 Å². The summed E-state index contributed by atoms with van der Waals surface area (Å²) in [6.07, 6.45) is 12.6. The fourth-order valence-corrected chi connectivity index (χ4v) is 2.64. The number of allylic oxidation sites excluding steroid dienone is 3. The summed E-state index contributed by atoms with van der Waals surface area (Å²) >= 11 is 0. The van der Waals surface area contributed by atoms with Crippen LogP contribution in [0.1, 0.15) is 23.2 Å². The molecule has 130 valence electrons. The number of amides is 1. The summed E-state index contributed by atoms with van der Waals surface area (Å²) in [5.74, 6) is 0.782. The van der Waals surface area contributed by atoms with Crippen LogP contribution < -0.4 is 15.8 Å². The standard InChI is InChI=1S/C18H16N6O2/c19-18-20-9-8-16(23-18)26-13-6-7-15-14(10-21-24(15)11-13)17(25)22-12-4-2-1-3-5-12/h2,4-11H,1,3H2,(H,22,25)(H2,19,20,23). The molecular weight excluding hydrogens is 332 g/mol. The molecule has 4 rings (SSSR count). The van der Waals surface area contributed by atoms with Crippen LogP contribution in [0, 0.1) is 0 Å². The monoisotopic (exact) mass is 348 g/mol. The van der Waals surface area contributed by atoms with Gasteiger partial charge in [0.05, 0.1) is 23.5 Å². The second-order valence-corrected chi connectivity index (χ2v) is 5.70. The summed E-state index contributed by atoms with van der Waals surface area (Å²) in [5.41, 5.74) is 7.52. The number of carbonyl (C=O) groups is 1. The zero-order chi connectivity index (χ0) is 17.9. The van der Waals surface area contributed by atoms with Crippen LogP contribution in [0.5, 0.6) is 11.6 Å². The molecule has 0 atom stereocenters. The Morgan fingerprint density at radius 1 is 1.27 bits per heavy atom. The van der Waals surface area contributed by atoms with Gasteiger partial charge in [0.1, 0.15) is 5.75 Å². The topological polar surface area (TPSA) is 107 Å². The van der Waals surface area contributed by atoms with Gasteiger partial charge in [-0.3, -0.25) is 4.79 Å². The van der Waals surface area contributed by atoms with Gasteiger partial charge in [0.2, 0.25) is 11.8 Å². The first-order valence-corrected chi connectivity index (χ1v) is 8.11. The molecule has 0 saturated carbocycles. The van der Waals surface area contributed by atoms with E-state index in [1.54, 1.807) is 28.9 Å². The van der Waals surface area contributed by atoms with Crippen LogP contribution in [0.25, 0.3) is 5.52 Å². The van der Waals surface area contributed by atoms with E-state index in [-0.39, 0.29) is 11.9 Å². The van der Waals surface area contributed by atoms with Crippen molar-refractivity contribution in [2.45, 2.75) is 12.8 Å². The third-order valence-electron chi connectivity index (χ3n) is 3.86. The fraction of sp³-hybridized carbons (Fsp3) is 0.111. The summed E-state index contributed by atoms with van der Waals surface area (Å²) in [7, 11) is 0. The van der Waals surface area contributed by atoms with Gasteiger partial charge in [-0.25, -0.2) is 9.50 Å². The van der Waals surface area contributed by atoms with E-state index >= 15 is 0 Å². The lowest BCUT2D eigenvalue weighted by molar-refractivity contribution is 0.0968. The predicted octanol–water partition coefficient (Wildman–Crippen LogP) is 2.46. The van der Waals surface area contributed by atoms with Crippen molar-refractivity contribution in [3.63, 3.8) is 0 Å². The first kappa shape index (κ1) is 15.8. The lowest BCUT2D eigenvalue weighted by atomic mass is 10.1. The molecule has 26 heavy (non-hydrogen) atoms. The molecule has 0 bridgehead atoms. The summed E-state index contributed by atoms with van der Waals surface area (Å²) in [6.45, 7) is 0. The van der Waals surface area contributed by atoms with Crippen LogP contribution >= 0.6 is 0 Å². The van der Waals surface area contributed by atoms with Crippen molar-refractivity contribution in [3.05, 3.63) is 66.3 Å². The lowest BCUT2D eigenvalue weighted by Crippen LogP contribution is -2.22. The third kappa shape index (κ3) is 3.25. The minimum absolute atomic E-state index is 0.132. The summed E-state index contributed by atoms with van der Waals surface area (Å²) < 4.78 is 7.23. The summed E-state index contributed by atoms with van der Waals surface area (Å²) in [5, 5.41) is 7.13. The Kier molecular flexibility index (Phi) is 4.06. The van der Waals surface area contributed by atoms with Crippen molar-refractivity contribution in [1.82, 2.24) is 24.9 Å². The SMILES string of the molecule is Nc1nccc(Oc2ccc3c(C(=O)NC4=CCCC=C4)cnn3c2)n1. The van der Waals surface area contributed by atoms with Gasteiger partial charge in [-0.1, -0.05) is 12.2 Å². The van der Waals surface area contributed by atoms with Crippen molar-refractivity contribution < 1.29 is 9.53 Å². The zero-order valence-corrected chi connectivity index (χ0v) is 13.8. The second kappa shape index (κ2) is 6.67. The third-order valence-corrected chi connectivity index (χ3v) is 3.86. The van der Waals surface area contributed by atoms with Crippen molar-refractivity contribution in [2.75, 3.05) is 5.73 Å². The molecule has 3 aromatic rings.